The quantitative estimate of drug-likeness (QED) is 0.291. The van der Waals surface area contributed by atoms with Crippen LogP contribution in [-0.4, -0.2) is 22.2 Å². The molecule has 4 heteroatoms. The zero-order chi connectivity index (χ0) is 21.0. The van der Waals surface area contributed by atoms with Gasteiger partial charge in [-0.05, 0) is 25.2 Å². The van der Waals surface area contributed by atoms with Crippen molar-refractivity contribution in [1.82, 2.24) is 0 Å². The van der Waals surface area contributed by atoms with Crippen molar-refractivity contribution < 1.29 is 19.8 Å². The molecule has 1 aliphatic carbocycles. The molecule has 1 aliphatic rings. The third-order valence-corrected chi connectivity index (χ3v) is 7.26. The number of hydrogen-bond acceptors (Lipinski definition) is 2. The molecule has 0 aliphatic heterocycles. The van der Waals surface area contributed by atoms with Crippen molar-refractivity contribution in [3.05, 3.63) is 0 Å². The van der Waals surface area contributed by atoms with Gasteiger partial charge in [0.2, 0.25) is 0 Å². The monoisotopic (exact) mass is 396 g/mol. The number of carbonyl (C=O) groups is 2. The second-order valence-electron chi connectivity index (χ2n) is 9.31. The van der Waals surface area contributed by atoms with Crippen LogP contribution in [0.3, 0.4) is 0 Å². The summed E-state index contributed by atoms with van der Waals surface area (Å²) in [4.78, 5) is 24.6. The van der Waals surface area contributed by atoms with Crippen LogP contribution < -0.4 is 0 Å². The molecule has 4 nitrogen and oxygen atoms in total. The smallest absolute Gasteiger partial charge is 0.311 e. The van der Waals surface area contributed by atoms with Gasteiger partial charge < -0.3 is 10.2 Å². The number of hydrogen-bond donors (Lipinski definition) is 2. The van der Waals surface area contributed by atoms with Gasteiger partial charge >= 0.3 is 11.9 Å². The fourth-order valence-electron chi connectivity index (χ4n) is 5.54. The van der Waals surface area contributed by atoms with E-state index in [4.69, 9.17) is 0 Å². The molecule has 1 fully saturated rings. The molecule has 2 N–H and O–H groups in total. The number of unbranched alkanes of at least 4 members (excludes halogenated alkanes) is 10. The summed E-state index contributed by atoms with van der Waals surface area (Å²) in [5.41, 5.74) is -2.24. The molecular weight excluding hydrogens is 352 g/mol. The van der Waals surface area contributed by atoms with E-state index in [2.05, 4.69) is 6.92 Å². The molecule has 28 heavy (non-hydrogen) atoms. The molecule has 1 saturated carbocycles. The van der Waals surface area contributed by atoms with Crippen molar-refractivity contribution >= 4 is 11.9 Å². The van der Waals surface area contributed by atoms with E-state index in [1.54, 1.807) is 0 Å². The van der Waals surface area contributed by atoms with Gasteiger partial charge in [0, 0.05) is 0 Å². The highest BCUT2D eigenvalue weighted by Gasteiger charge is 2.63. The van der Waals surface area contributed by atoms with E-state index >= 15 is 0 Å². The van der Waals surface area contributed by atoms with E-state index in [0.717, 1.165) is 32.1 Å². The van der Waals surface area contributed by atoms with E-state index in [1.807, 2.05) is 13.8 Å². The zero-order valence-electron chi connectivity index (χ0n) is 18.6. The molecule has 1 rings (SSSR count). The van der Waals surface area contributed by atoms with Gasteiger partial charge in [-0.2, -0.15) is 0 Å². The third kappa shape index (κ3) is 5.97. The lowest BCUT2D eigenvalue weighted by Gasteiger charge is -2.51. The first-order chi connectivity index (χ1) is 13.3. The summed E-state index contributed by atoms with van der Waals surface area (Å²) in [6.45, 7) is 6.01. The van der Waals surface area contributed by atoms with Crippen LogP contribution in [0, 0.1) is 16.7 Å². The first-order valence-electron chi connectivity index (χ1n) is 11.8. The van der Waals surface area contributed by atoms with Crippen LogP contribution >= 0.6 is 0 Å². The fourth-order valence-corrected chi connectivity index (χ4v) is 5.54. The van der Waals surface area contributed by atoms with Crippen molar-refractivity contribution in [3.8, 4) is 0 Å². The van der Waals surface area contributed by atoms with E-state index in [-0.39, 0.29) is 5.92 Å². The molecule has 0 radical (unpaired) electrons. The largest absolute Gasteiger partial charge is 0.481 e. The standard InChI is InChI=1S/C24H44O4/c1-4-5-6-7-8-9-10-11-12-13-14-17-23(21(25)26)18-15-16-19-24(23,20(2)3)22(27)28/h20H,4-19H2,1-3H3,(H,25,26)(H,27,28). The van der Waals surface area contributed by atoms with E-state index in [9.17, 15) is 19.8 Å². The Labute approximate surface area is 172 Å². The molecule has 0 aromatic rings. The molecular formula is C24H44O4. The Morgan fingerprint density at radius 1 is 0.750 bits per heavy atom. The Bertz CT molecular complexity index is 473. The highest BCUT2D eigenvalue weighted by molar-refractivity contribution is 5.87. The van der Waals surface area contributed by atoms with Crippen LogP contribution in [0.2, 0.25) is 0 Å². The maximum atomic E-state index is 12.4. The van der Waals surface area contributed by atoms with Crippen molar-refractivity contribution in [2.75, 3.05) is 0 Å². The number of carboxylic acids is 2. The molecule has 0 aromatic carbocycles. The lowest BCUT2D eigenvalue weighted by Crippen LogP contribution is -2.57. The van der Waals surface area contributed by atoms with Crippen LogP contribution in [0.15, 0.2) is 0 Å². The maximum absolute atomic E-state index is 12.4. The second-order valence-corrected chi connectivity index (χ2v) is 9.31. The minimum atomic E-state index is -1.13. The van der Waals surface area contributed by atoms with Gasteiger partial charge in [-0.1, -0.05) is 104 Å². The second kappa shape index (κ2) is 12.5. The maximum Gasteiger partial charge on any atom is 0.311 e. The first kappa shape index (κ1) is 25.0. The predicted octanol–water partition coefficient (Wildman–Crippen LogP) is 7.06. The summed E-state index contributed by atoms with van der Waals surface area (Å²) >= 11 is 0. The third-order valence-electron chi connectivity index (χ3n) is 7.26. The average Bonchev–Trinajstić information content (AvgIpc) is 2.65. The summed E-state index contributed by atoms with van der Waals surface area (Å²) in [5.74, 6) is -1.97. The molecule has 0 heterocycles. The molecule has 0 amide bonds. The van der Waals surface area contributed by atoms with Gasteiger partial charge in [-0.15, -0.1) is 0 Å². The highest BCUT2D eigenvalue weighted by Crippen LogP contribution is 2.58. The van der Waals surface area contributed by atoms with Gasteiger partial charge in [0.05, 0.1) is 10.8 Å². The van der Waals surface area contributed by atoms with Crippen LogP contribution in [0.4, 0.5) is 0 Å². The lowest BCUT2D eigenvalue weighted by molar-refractivity contribution is -0.187. The Morgan fingerprint density at radius 3 is 1.64 bits per heavy atom. The Morgan fingerprint density at radius 2 is 1.21 bits per heavy atom. The van der Waals surface area contributed by atoms with Gasteiger partial charge in [0.1, 0.15) is 0 Å². The van der Waals surface area contributed by atoms with Gasteiger partial charge in [0.25, 0.3) is 0 Å². The summed E-state index contributed by atoms with van der Waals surface area (Å²) < 4.78 is 0. The molecule has 0 saturated heterocycles. The molecule has 2 unspecified atom stereocenters. The first-order valence-corrected chi connectivity index (χ1v) is 11.8. The van der Waals surface area contributed by atoms with Gasteiger partial charge in [-0.3, -0.25) is 9.59 Å². The number of rotatable bonds is 15. The lowest BCUT2D eigenvalue weighted by atomic mass is 9.50. The van der Waals surface area contributed by atoms with E-state index < -0.39 is 22.8 Å². The number of carboxylic acid groups (broad SMARTS) is 2. The van der Waals surface area contributed by atoms with Crippen molar-refractivity contribution in [3.63, 3.8) is 0 Å². The summed E-state index contributed by atoms with van der Waals surface area (Å²) in [7, 11) is 0. The fraction of sp³-hybridized carbons (Fsp3) is 0.917. The number of aliphatic carboxylic acids is 2. The molecule has 0 aromatic heterocycles. The van der Waals surface area contributed by atoms with E-state index in [0.29, 0.717) is 19.3 Å². The van der Waals surface area contributed by atoms with Gasteiger partial charge in [-0.25, -0.2) is 0 Å². The van der Waals surface area contributed by atoms with Crippen molar-refractivity contribution in [2.45, 2.75) is 124 Å². The van der Waals surface area contributed by atoms with Crippen LogP contribution in [0.5, 0.6) is 0 Å². The van der Waals surface area contributed by atoms with Gasteiger partial charge in [0.15, 0.2) is 0 Å². The molecule has 2 atom stereocenters. The van der Waals surface area contributed by atoms with Crippen LogP contribution in [0.1, 0.15) is 124 Å². The van der Waals surface area contributed by atoms with E-state index in [1.165, 1.54) is 51.4 Å². The topological polar surface area (TPSA) is 74.6 Å². The van der Waals surface area contributed by atoms with Crippen LogP contribution in [0.25, 0.3) is 0 Å². The SMILES string of the molecule is CCCCCCCCCCCCCC1(C(=O)O)CCCCC1(C(=O)O)C(C)C. The van der Waals surface area contributed by atoms with Crippen molar-refractivity contribution in [2.24, 2.45) is 16.7 Å². The predicted molar refractivity (Wildman–Crippen MR) is 115 cm³/mol. The molecule has 0 bridgehead atoms. The zero-order valence-corrected chi connectivity index (χ0v) is 18.6. The Balaban J connectivity index is 2.49. The minimum Gasteiger partial charge on any atom is -0.481 e. The summed E-state index contributed by atoms with van der Waals surface area (Å²) in [6, 6.07) is 0. The molecule has 164 valence electrons. The molecule has 0 spiro atoms. The Kier molecular flexibility index (Phi) is 11.1. The van der Waals surface area contributed by atoms with Crippen LogP contribution in [-0.2, 0) is 9.59 Å². The minimum absolute atomic E-state index is 0.172. The summed E-state index contributed by atoms with van der Waals surface area (Å²) in [6.07, 6.45) is 16.6. The highest BCUT2D eigenvalue weighted by atomic mass is 16.4. The normalized spacial score (nSPS) is 25.1. The average molecular weight is 397 g/mol. The Hall–Kier alpha value is -1.06. The summed E-state index contributed by atoms with van der Waals surface area (Å²) in [5, 5.41) is 20.2. The van der Waals surface area contributed by atoms with Crippen molar-refractivity contribution in [1.29, 1.82) is 0 Å².